The second-order valence-electron chi connectivity index (χ2n) is 6.09. The third-order valence-electron chi connectivity index (χ3n) is 4.27. The summed E-state index contributed by atoms with van der Waals surface area (Å²) >= 11 is 1.37. The van der Waals surface area contributed by atoms with E-state index in [1.807, 2.05) is 42.0 Å². The van der Waals surface area contributed by atoms with Gasteiger partial charge in [-0.05, 0) is 43.3 Å². The Kier molecular flexibility index (Phi) is 6.66. The molecule has 0 fully saturated rings. The van der Waals surface area contributed by atoms with Crippen molar-refractivity contribution in [2.24, 2.45) is 0 Å². The number of carbonyl (C=O) groups excluding carboxylic acids is 1. The lowest BCUT2D eigenvalue weighted by molar-refractivity contribution is -0.115. The molecule has 0 aliphatic carbocycles. The predicted octanol–water partition coefficient (Wildman–Crippen LogP) is 4.02. The van der Waals surface area contributed by atoms with Crippen molar-refractivity contribution in [3.63, 3.8) is 0 Å². The van der Waals surface area contributed by atoms with Crippen LogP contribution < -0.4 is 19.5 Å². The Morgan fingerprint density at radius 3 is 2.38 bits per heavy atom. The summed E-state index contributed by atoms with van der Waals surface area (Å²) in [5.41, 5.74) is 1.50. The van der Waals surface area contributed by atoms with Crippen LogP contribution in [0.5, 0.6) is 17.2 Å². The molecule has 7 nitrogen and oxygen atoms in total. The zero-order valence-corrected chi connectivity index (χ0v) is 17.5. The Balaban J connectivity index is 1.73. The molecule has 152 valence electrons. The van der Waals surface area contributed by atoms with E-state index in [1.54, 1.807) is 45.7 Å². The van der Waals surface area contributed by atoms with E-state index in [4.69, 9.17) is 14.2 Å². The molecule has 1 heterocycles. The first-order valence-corrected chi connectivity index (χ1v) is 9.81. The number of methoxy groups -OCH3 is 3. The molecule has 0 radical (unpaired) electrons. The summed E-state index contributed by atoms with van der Waals surface area (Å²) < 4.78 is 17.7. The van der Waals surface area contributed by atoms with Gasteiger partial charge in [-0.3, -0.25) is 9.36 Å². The predicted molar refractivity (Wildman–Crippen MR) is 114 cm³/mol. The van der Waals surface area contributed by atoms with Crippen molar-refractivity contribution in [1.82, 2.24) is 9.55 Å². The van der Waals surface area contributed by atoms with Crippen LogP contribution in [-0.2, 0) is 4.79 Å². The molecule has 2 aromatic carbocycles. The van der Waals surface area contributed by atoms with E-state index < -0.39 is 0 Å². The maximum absolute atomic E-state index is 12.8. The third-order valence-corrected chi connectivity index (χ3v) is 5.35. The molecular formula is C21H23N3O4S. The summed E-state index contributed by atoms with van der Waals surface area (Å²) in [5.74, 6) is 1.82. The van der Waals surface area contributed by atoms with E-state index in [1.165, 1.54) is 11.8 Å². The molecule has 0 aliphatic heterocycles. The summed E-state index contributed by atoms with van der Waals surface area (Å²) in [6.45, 7) is 1.83. The number of benzene rings is 2. The fraction of sp³-hybridized carbons (Fsp3) is 0.238. The summed E-state index contributed by atoms with van der Waals surface area (Å²) in [4.78, 5) is 17.2. The van der Waals surface area contributed by atoms with Crippen LogP contribution in [-0.4, -0.2) is 42.0 Å². The summed E-state index contributed by atoms with van der Waals surface area (Å²) in [5, 5.41) is 3.24. The van der Waals surface area contributed by atoms with E-state index in [9.17, 15) is 4.79 Å². The van der Waals surface area contributed by atoms with Crippen LogP contribution in [0.4, 0.5) is 5.69 Å². The van der Waals surface area contributed by atoms with Crippen molar-refractivity contribution in [1.29, 1.82) is 0 Å². The topological polar surface area (TPSA) is 74.6 Å². The van der Waals surface area contributed by atoms with Crippen LogP contribution in [0.2, 0.25) is 0 Å². The van der Waals surface area contributed by atoms with Crippen molar-refractivity contribution in [3.8, 4) is 22.9 Å². The molecule has 1 N–H and O–H groups in total. The second kappa shape index (κ2) is 9.38. The Labute approximate surface area is 174 Å². The Bertz CT molecular complexity index is 972. The summed E-state index contributed by atoms with van der Waals surface area (Å²) in [7, 11) is 4.76. The largest absolute Gasteiger partial charge is 0.497 e. The van der Waals surface area contributed by atoms with Gasteiger partial charge in [-0.25, -0.2) is 4.98 Å². The van der Waals surface area contributed by atoms with E-state index in [0.717, 1.165) is 16.6 Å². The molecule has 3 rings (SSSR count). The molecule has 0 bridgehead atoms. The van der Waals surface area contributed by atoms with Crippen LogP contribution in [0, 0.1) is 0 Å². The molecule has 0 saturated carbocycles. The highest BCUT2D eigenvalue weighted by molar-refractivity contribution is 8.00. The fourth-order valence-corrected chi connectivity index (χ4v) is 3.56. The summed E-state index contributed by atoms with van der Waals surface area (Å²) in [6, 6.07) is 12.9. The fourth-order valence-electron chi connectivity index (χ4n) is 2.67. The molecule has 1 unspecified atom stereocenters. The maximum atomic E-state index is 12.8. The molecule has 1 amide bonds. The van der Waals surface area contributed by atoms with Gasteiger partial charge in [-0.2, -0.15) is 0 Å². The highest BCUT2D eigenvalue weighted by Crippen LogP contribution is 2.31. The van der Waals surface area contributed by atoms with Gasteiger partial charge in [0.05, 0.1) is 32.3 Å². The third kappa shape index (κ3) is 4.83. The molecule has 1 aromatic heterocycles. The van der Waals surface area contributed by atoms with Crippen LogP contribution in [0.1, 0.15) is 6.92 Å². The molecule has 3 aromatic rings. The number of nitrogens with zero attached hydrogens (tertiary/aromatic N) is 2. The van der Waals surface area contributed by atoms with Crippen molar-refractivity contribution in [3.05, 3.63) is 54.9 Å². The van der Waals surface area contributed by atoms with Crippen molar-refractivity contribution >= 4 is 23.4 Å². The normalized spacial score (nSPS) is 11.6. The number of anilines is 1. The minimum Gasteiger partial charge on any atom is -0.497 e. The Morgan fingerprint density at radius 1 is 1.03 bits per heavy atom. The molecule has 0 spiro atoms. The number of amides is 1. The molecule has 1 atom stereocenters. The molecule has 0 saturated heterocycles. The number of nitrogens with one attached hydrogen (secondary N) is 1. The average molecular weight is 413 g/mol. The number of thioether (sulfide) groups is 1. The lowest BCUT2D eigenvalue weighted by Gasteiger charge is -2.15. The SMILES string of the molecule is COc1ccc(-n2ccnc2SC(C)C(=O)Nc2cc(OC)ccc2OC)cc1. The Morgan fingerprint density at radius 2 is 1.72 bits per heavy atom. The Hall–Kier alpha value is -3.13. The molecular weight excluding hydrogens is 390 g/mol. The molecule has 29 heavy (non-hydrogen) atoms. The lowest BCUT2D eigenvalue weighted by atomic mass is 10.2. The number of rotatable bonds is 8. The van der Waals surface area contributed by atoms with E-state index >= 15 is 0 Å². The van der Waals surface area contributed by atoms with Crippen molar-refractivity contribution in [2.75, 3.05) is 26.6 Å². The highest BCUT2D eigenvalue weighted by Gasteiger charge is 2.19. The quantitative estimate of drug-likeness (QED) is 0.562. The van der Waals surface area contributed by atoms with Gasteiger partial charge in [0.15, 0.2) is 5.16 Å². The molecule has 8 heteroatoms. The first kappa shape index (κ1) is 20.6. The number of imidazole rings is 1. The van der Waals surface area contributed by atoms with Crippen LogP contribution in [0.15, 0.2) is 60.0 Å². The lowest BCUT2D eigenvalue weighted by Crippen LogP contribution is -2.23. The number of ether oxygens (including phenoxy) is 3. The van der Waals surface area contributed by atoms with Crippen LogP contribution in [0.3, 0.4) is 0 Å². The van der Waals surface area contributed by atoms with Gasteiger partial charge in [0.1, 0.15) is 17.2 Å². The smallest absolute Gasteiger partial charge is 0.237 e. The van der Waals surface area contributed by atoms with Crippen LogP contribution in [0.25, 0.3) is 5.69 Å². The van der Waals surface area contributed by atoms with Crippen LogP contribution >= 0.6 is 11.8 Å². The van der Waals surface area contributed by atoms with Gasteiger partial charge in [0, 0.05) is 24.1 Å². The first-order chi connectivity index (χ1) is 14.0. The number of aromatic nitrogens is 2. The minimum absolute atomic E-state index is 0.161. The standard InChI is InChI=1S/C21H23N3O4S/c1-14(20(25)23-18-13-17(27-3)9-10-19(18)28-4)29-21-22-11-12-24(21)15-5-7-16(26-2)8-6-15/h5-14H,1-4H3,(H,23,25). The van der Waals surface area contributed by atoms with Gasteiger partial charge in [-0.15, -0.1) is 0 Å². The van der Waals surface area contributed by atoms with Crippen molar-refractivity contribution in [2.45, 2.75) is 17.3 Å². The van der Waals surface area contributed by atoms with Gasteiger partial charge in [0.25, 0.3) is 0 Å². The van der Waals surface area contributed by atoms with Gasteiger partial charge < -0.3 is 19.5 Å². The van der Waals surface area contributed by atoms with Gasteiger partial charge >= 0.3 is 0 Å². The summed E-state index contributed by atoms with van der Waals surface area (Å²) in [6.07, 6.45) is 3.57. The van der Waals surface area contributed by atoms with Gasteiger partial charge in [0.2, 0.25) is 5.91 Å². The monoisotopic (exact) mass is 413 g/mol. The minimum atomic E-state index is -0.384. The number of hydrogen-bond donors (Lipinski definition) is 1. The van der Waals surface area contributed by atoms with E-state index in [-0.39, 0.29) is 11.2 Å². The second-order valence-corrected chi connectivity index (χ2v) is 7.40. The zero-order valence-electron chi connectivity index (χ0n) is 16.7. The number of hydrogen-bond acceptors (Lipinski definition) is 6. The van der Waals surface area contributed by atoms with Gasteiger partial charge in [-0.1, -0.05) is 11.8 Å². The highest BCUT2D eigenvalue weighted by atomic mass is 32.2. The first-order valence-electron chi connectivity index (χ1n) is 8.93. The van der Waals surface area contributed by atoms with E-state index in [2.05, 4.69) is 10.3 Å². The molecule has 0 aliphatic rings. The van der Waals surface area contributed by atoms with Crippen molar-refractivity contribution < 1.29 is 19.0 Å². The zero-order chi connectivity index (χ0) is 20.8. The average Bonchev–Trinajstić information content (AvgIpc) is 3.21. The maximum Gasteiger partial charge on any atom is 0.237 e. The van der Waals surface area contributed by atoms with E-state index in [0.29, 0.717) is 17.2 Å². The number of carbonyl (C=O) groups is 1.